The lowest BCUT2D eigenvalue weighted by Crippen LogP contribution is -2.35. The van der Waals surface area contributed by atoms with Crippen LogP contribution in [0.15, 0.2) is 9.59 Å². The van der Waals surface area contributed by atoms with E-state index in [1.807, 2.05) is 4.57 Å². The van der Waals surface area contributed by atoms with Crippen LogP contribution in [0.3, 0.4) is 0 Å². The predicted molar refractivity (Wildman–Crippen MR) is 91.1 cm³/mol. The molecule has 1 N–H and O–H groups in total. The zero-order valence-electron chi connectivity index (χ0n) is 14.1. The van der Waals surface area contributed by atoms with Gasteiger partial charge in [-0.05, 0) is 25.2 Å². The Morgan fingerprint density at radius 1 is 1.26 bits per heavy atom. The maximum atomic E-state index is 12.3. The number of rotatable bonds is 4. The molecule has 3 rings (SSSR count). The summed E-state index contributed by atoms with van der Waals surface area (Å²) in [6.07, 6.45) is 4.28. The van der Waals surface area contributed by atoms with E-state index in [2.05, 4.69) is 28.7 Å². The van der Waals surface area contributed by atoms with Gasteiger partial charge in [-0.25, -0.2) is 4.79 Å². The van der Waals surface area contributed by atoms with Gasteiger partial charge in [0.05, 0.1) is 0 Å². The Morgan fingerprint density at radius 3 is 2.61 bits per heavy atom. The van der Waals surface area contributed by atoms with Crippen molar-refractivity contribution in [2.24, 2.45) is 13.0 Å². The molecule has 0 saturated carbocycles. The number of aromatic amines is 1. The molecule has 1 fully saturated rings. The Hall–Kier alpha value is -2.05. The number of nitrogens with zero attached hydrogens (tertiary/aromatic N) is 4. The van der Waals surface area contributed by atoms with Crippen LogP contribution in [0.1, 0.15) is 39.5 Å². The fourth-order valence-corrected chi connectivity index (χ4v) is 3.20. The maximum Gasteiger partial charge on any atom is 0.329 e. The smallest absolute Gasteiger partial charge is 0.329 e. The maximum absolute atomic E-state index is 12.3. The van der Waals surface area contributed by atoms with E-state index >= 15 is 0 Å². The highest BCUT2D eigenvalue weighted by Gasteiger charge is 2.24. The third kappa shape index (κ3) is 2.80. The topological polar surface area (TPSA) is 75.9 Å². The zero-order chi connectivity index (χ0) is 16.6. The first-order chi connectivity index (χ1) is 11.0. The van der Waals surface area contributed by atoms with E-state index in [4.69, 9.17) is 0 Å². The van der Waals surface area contributed by atoms with Crippen LogP contribution in [0.5, 0.6) is 0 Å². The van der Waals surface area contributed by atoms with E-state index in [9.17, 15) is 9.59 Å². The van der Waals surface area contributed by atoms with Crippen molar-refractivity contribution in [2.45, 2.75) is 46.1 Å². The Labute approximate surface area is 134 Å². The molecule has 2 aromatic heterocycles. The lowest BCUT2D eigenvalue weighted by Gasteiger charge is -2.31. The van der Waals surface area contributed by atoms with Gasteiger partial charge in [0.1, 0.15) is 0 Å². The van der Waals surface area contributed by atoms with E-state index in [1.165, 1.54) is 4.57 Å². The number of H-pyrrole nitrogens is 1. The van der Waals surface area contributed by atoms with Crippen LogP contribution in [-0.4, -0.2) is 32.2 Å². The molecule has 3 heterocycles. The van der Waals surface area contributed by atoms with Crippen molar-refractivity contribution in [3.05, 3.63) is 20.8 Å². The van der Waals surface area contributed by atoms with Gasteiger partial charge in [-0.15, -0.1) is 0 Å². The monoisotopic (exact) mass is 319 g/mol. The molecule has 0 spiro atoms. The molecule has 2 aromatic rings. The zero-order valence-corrected chi connectivity index (χ0v) is 14.1. The van der Waals surface area contributed by atoms with Gasteiger partial charge in [-0.3, -0.25) is 14.3 Å². The molecule has 7 nitrogen and oxygen atoms in total. The molecule has 0 aromatic carbocycles. The van der Waals surface area contributed by atoms with Gasteiger partial charge in [0.15, 0.2) is 11.2 Å². The molecular weight excluding hydrogens is 294 g/mol. The fourth-order valence-electron chi connectivity index (χ4n) is 3.20. The second-order valence-corrected chi connectivity index (χ2v) is 6.58. The number of piperidine rings is 1. The van der Waals surface area contributed by atoms with Gasteiger partial charge >= 0.3 is 5.69 Å². The van der Waals surface area contributed by atoms with Gasteiger partial charge in [0, 0.05) is 26.7 Å². The third-order valence-electron chi connectivity index (χ3n) is 4.79. The average Bonchev–Trinajstić information content (AvgIpc) is 2.91. The minimum absolute atomic E-state index is 0.344. The quantitative estimate of drug-likeness (QED) is 0.925. The Morgan fingerprint density at radius 2 is 1.96 bits per heavy atom. The lowest BCUT2D eigenvalue weighted by molar-refractivity contribution is 0.430. The molecule has 7 heteroatoms. The third-order valence-corrected chi connectivity index (χ3v) is 4.79. The second kappa shape index (κ2) is 6.22. The number of fused-ring (bicyclic) bond motifs is 1. The van der Waals surface area contributed by atoms with E-state index in [1.54, 1.807) is 7.05 Å². The van der Waals surface area contributed by atoms with Crippen molar-refractivity contribution in [3.63, 3.8) is 0 Å². The summed E-state index contributed by atoms with van der Waals surface area (Å²) >= 11 is 0. The number of hydrogen-bond donors (Lipinski definition) is 1. The predicted octanol–water partition coefficient (Wildman–Crippen LogP) is 1.46. The highest BCUT2D eigenvalue weighted by Crippen LogP contribution is 2.25. The van der Waals surface area contributed by atoms with Gasteiger partial charge < -0.3 is 9.47 Å². The summed E-state index contributed by atoms with van der Waals surface area (Å²) in [4.78, 5) is 33.5. The van der Waals surface area contributed by atoms with Crippen LogP contribution in [0.4, 0.5) is 5.95 Å². The molecular formula is C16H25N5O2. The van der Waals surface area contributed by atoms with Gasteiger partial charge in [0.25, 0.3) is 5.56 Å². The van der Waals surface area contributed by atoms with Crippen LogP contribution in [0.25, 0.3) is 11.2 Å². The van der Waals surface area contributed by atoms with E-state index < -0.39 is 5.69 Å². The fraction of sp³-hybridized carbons (Fsp3) is 0.688. The standard InChI is InChI=1S/C16H25N5O2/c1-4-5-8-21-12-13(19(3)16(23)18-14(12)22)17-15(21)20-9-6-11(2)7-10-20/h11H,4-10H2,1-3H3,(H,18,22,23). The number of nitrogens with one attached hydrogen (secondary N) is 1. The molecule has 1 aliphatic heterocycles. The van der Waals surface area contributed by atoms with Crippen LogP contribution in [0.2, 0.25) is 0 Å². The summed E-state index contributed by atoms with van der Waals surface area (Å²) in [5.74, 6) is 1.56. The number of hydrogen-bond acceptors (Lipinski definition) is 4. The Balaban J connectivity index is 2.16. The van der Waals surface area contributed by atoms with Crippen molar-refractivity contribution in [3.8, 4) is 0 Å². The van der Waals surface area contributed by atoms with Crippen LogP contribution in [-0.2, 0) is 13.6 Å². The first-order valence-electron chi connectivity index (χ1n) is 8.47. The number of imidazole rings is 1. The first-order valence-corrected chi connectivity index (χ1v) is 8.47. The highest BCUT2D eigenvalue weighted by atomic mass is 16.2. The van der Waals surface area contributed by atoms with Crippen LogP contribution < -0.4 is 16.1 Å². The number of unbranched alkanes of at least 4 members (excludes halogenated alkanes) is 1. The number of anilines is 1. The SMILES string of the molecule is CCCCn1c(N2CCC(C)CC2)nc2c1c(=O)[nH]c(=O)n2C. The van der Waals surface area contributed by atoms with E-state index in [0.717, 1.165) is 57.2 Å². The van der Waals surface area contributed by atoms with Crippen LogP contribution in [0, 0.1) is 5.92 Å². The van der Waals surface area contributed by atoms with Gasteiger partial charge in [-0.1, -0.05) is 20.3 Å². The number of aromatic nitrogens is 4. The molecule has 0 atom stereocenters. The normalized spacial score (nSPS) is 16.4. The van der Waals surface area contributed by atoms with Crippen molar-refractivity contribution in [1.29, 1.82) is 0 Å². The lowest BCUT2D eigenvalue weighted by atomic mass is 10.00. The average molecular weight is 319 g/mol. The molecule has 1 saturated heterocycles. The highest BCUT2D eigenvalue weighted by molar-refractivity contribution is 5.74. The minimum Gasteiger partial charge on any atom is -0.342 e. The van der Waals surface area contributed by atoms with Crippen molar-refractivity contribution >= 4 is 17.1 Å². The summed E-state index contributed by atoms with van der Waals surface area (Å²) in [7, 11) is 1.65. The Bertz CT molecular complexity index is 808. The summed E-state index contributed by atoms with van der Waals surface area (Å²) in [5.41, 5.74) is 0.224. The minimum atomic E-state index is -0.415. The van der Waals surface area contributed by atoms with Crippen molar-refractivity contribution < 1.29 is 0 Å². The molecule has 0 unspecified atom stereocenters. The Kier molecular flexibility index (Phi) is 4.28. The number of aryl methyl sites for hydroxylation is 2. The second-order valence-electron chi connectivity index (χ2n) is 6.58. The molecule has 0 radical (unpaired) electrons. The molecule has 126 valence electrons. The van der Waals surface area contributed by atoms with Crippen molar-refractivity contribution in [2.75, 3.05) is 18.0 Å². The van der Waals surface area contributed by atoms with Gasteiger partial charge in [0.2, 0.25) is 5.95 Å². The van der Waals surface area contributed by atoms with Crippen LogP contribution >= 0.6 is 0 Å². The summed E-state index contributed by atoms with van der Waals surface area (Å²) in [6.45, 7) is 7.04. The summed E-state index contributed by atoms with van der Waals surface area (Å²) in [5, 5.41) is 0. The molecule has 23 heavy (non-hydrogen) atoms. The molecule has 0 aliphatic carbocycles. The van der Waals surface area contributed by atoms with E-state index in [0.29, 0.717) is 11.2 Å². The van der Waals surface area contributed by atoms with Crippen molar-refractivity contribution in [1.82, 2.24) is 19.1 Å². The molecule has 0 amide bonds. The van der Waals surface area contributed by atoms with E-state index in [-0.39, 0.29) is 5.56 Å². The van der Waals surface area contributed by atoms with Gasteiger partial charge in [-0.2, -0.15) is 4.98 Å². The largest absolute Gasteiger partial charge is 0.342 e. The summed E-state index contributed by atoms with van der Waals surface area (Å²) in [6, 6.07) is 0. The molecule has 1 aliphatic rings. The first kappa shape index (κ1) is 15.8. The molecule has 0 bridgehead atoms. The summed E-state index contributed by atoms with van der Waals surface area (Å²) < 4.78 is 3.42.